The molecule has 2 N–H and O–H groups in total. The van der Waals surface area contributed by atoms with E-state index in [9.17, 15) is 4.79 Å². The van der Waals surface area contributed by atoms with E-state index in [1.54, 1.807) is 24.4 Å². The molecule has 0 spiro atoms. The van der Waals surface area contributed by atoms with E-state index in [0.717, 1.165) is 5.56 Å². The van der Waals surface area contributed by atoms with Crippen molar-refractivity contribution in [1.29, 1.82) is 0 Å². The normalized spacial score (nSPS) is 13.6. The van der Waals surface area contributed by atoms with Crippen LogP contribution in [0.5, 0.6) is 0 Å². The average Bonchev–Trinajstić information content (AvgIpc) is 2.62. The average molecular weight is 355 g/mol. The van der Waals surface area contributed by atoms with Crippen molar-refractivity contribution in [3.05, 3.63) is 69.3 Å². The highest BCUT2D eigenvalue weighted by Gasteiger charge is 2.19. The van der Waals surface area contributed by atoms with Crippen LogP contribution in [0.25, 0.3) is 10.9 Å². The number of pyridine rings is 1. The zero-order valence-electron chi connectivity index (χ0n) is 12.3. The van der Waals surface area contributed by atoms with Gasteiger partial charge in [-0.2, -0.15) is 0 Å². The summed E-state index contributed by atoms with van der Waals surface area (Å²) in [6.07, 6.45) is 1.71. The first-order valence-electron chi connectivity index (χ1n) is 7.17. The highest BCUT2D eigenvalue weighted by molar-refractivity contribution is 8.14. The number of H-pyrrole nitrogens is 1. The van der Waals surface area contributed by atoms with Gasteiger partial charge in [0.1, 0.15) is 10.7 Å². The summed E-state index contributed by atoms with van der Waals surface area (Å²) in [5.74, 6) is 0.532. The number of aromatic nitrogens is 1. The summed E-state index contributed by atoms with van der Waals surface area (Å²) in [6, 6.07) is 15.0. The Balaban J connectivity index is 1.71. The van der Waals surface area contributed by atoms with Gasteiger partial charge in [-0.3, -0.25) is 10.2 Å². The minimum absolute atomic E-state index is 0.0962. The predicted octanol–water partition coefficient (Wildman–Crippen LogP) is 4.09. The van der Waals surface area contributed by atoms with Gasteiger partial charge >= 0.3 is 0 Å². The summed E-state index contributed by atoms with van der Waals surface area (Å²) in [6.45, 7) is 0. The van der Waals surface area contributed by atoms with Crippen LogP contribution in [0, 0.1) is 0 Å². The molecule has 118 valence electrons. The lowest BCUT2D eigenvalue weighted by Gasteiger charge is -2.14. The highest BCUT2D eigenvalue weighted by atomic mass is 35.5. The second-order valence-electron chi connectivity index (χ2n) is 5.10. The van der Waals surface area contributed by atoms with E-state index in [-0.39, 0.29) is 5.43 Å². The number of nitrogens with one attached hydrogen (secondary N) is 2. The summed E-state index contributed by atoms with van der Waals surface area (Å²) in [7, 11) is 0. The Labute approximate surface area is 146 Å². The number of benzene rings is 2. The molecule has 3 aromatic rings. The van der Waals surface area contributed by atoms with E-state index in [1.807, 2.05) is 30.3 Å². The van der Waals surface area contributed by atoms with Gasteiger partial charge in [0.05, 0.1) is 10.5 Å². The van der Waals surface area contributed by atoms with E-state index >= 15 is 0 Å². The molecule has 5 nitrogen and oxygen atoms in total. The first-order chi connectivity index (χ1) is 11.7. The SMILES string of the molecule is O=c1c2c([nH]c3c(Cl)cccc13)NN=C(/N=C/c1ccccc1)S2. The zero-order chi connectivity index (χ0) is 16.5. The van der Waals surface area contributed by atoms with Gasteiger partial charge in [0.2, 0.25) is 10.6 Å². The third-order valence-electron chi connectivity index (χ3n) is 3.52. The standard InChI is InChI=1S/C17H11ClN4OS/c18-12-8-4-7-11-13(12)20-16-15(14(11)23)24-17(22-21-16)19-9-10-5-2-1-3-6-10/h1-9H,(H2,20,21,23)/b19-9+. The Bertz CT molecular complexity index is 1040. The maximum atomic E-state index is 12.7. The molecule has 2 aromatic carbocycles. The number of amidine groups is 1. The number of nitrogens with zero attached hydrogens (tertiary/aromatic N) is 2. The zero-order valence-corrected chi connectivity index (χ0v) is 13.9. The van der Waals surface area contributed by atoms with Crippen LogP contribution in [0.1, 0.15) is 5.56 Å². The van der Waals surface area contributed by atoms with Crippen LogP contribution in [0.4, 0.5) is 5.82 Å². The van der Waals surface area contributed by atoms with E-state index in [1.165, 1.54) is 11.8 Å². The molecule has 1 aliphatic heterocycles. The van der Waals surface area contributed by atoms with Crippen molar-refractivity contribution in [2.24, 2.45) is 10.1 Å². The number of hydrazone groups is 1. The number of thioether (sulfide) groups is 1. The van der Waals surface area contributed by atoms with Gasteiger partial charge in [-0.15, -0.1) is 5.10 Å². The van der Waals surface area contributed by atoms with Crippen molar-refractivity contribution in [1.82, 2.24) is 4.98 Å². The van der Waals surface area contributed by atoms with Gasteiger partial charge in [-0.05, 0) is 29.5 Å². The summed E-state index contributed by atoms with van der Waals surface area (Å²) in [4.78, 5) is 20.7. The Hall–Kier alpha value is -2.57. The number of para-hydroxylation sites is 1. The molecule has 0 unspecified atom stereocenters. The van der Waals surface area contributed by atoms with E-state index in [2.05, 4.69) is 20.5 Å². The molecule has 1 aliphatic rings. The van der Waals surface area contributed by atoms with Crippen molar-refractivity contribution in [3.8, 4) is 0 Å². The fraction of sp³-hybridized carbons (Fsp3) is 0. The van der Waals surface area contributed by atoms with Gasteiger partial charge in [-0.25, -0.2) is 4.99 Å². The first kappa shape index (κ1) is 15.0. The number of aliphatic imine (C=N–C) groups is 1. The van der Waals surface area contributed by atoms with Crippen molar-refractivity contribution in [2.45, 2.75) is 4.90 Å². The molecule has 0 radical (unpaired) electrons. The lowest BCUT2D eigenvalue weighted by molar-refractivity contribution is 1.17. The molecule has 2 heterocycles. The monoisotopic (exact) mass is 354 g/mol. The van der Waals surface area contributed by atoms with Crippen LogP contribution in [0.15, 0.2) is 68.3 Å². The Kier molecular flexibility index (Phi) is 3.84. The molecule has 0 atom stereocenters. The first-order valence-corrected chi connectivity index (χ1v) is 8.37. The number of halogens is 1. The predicted molar refractivity (Wildman–Crippen MR) is 101 cm³/mol. The van der Waals surface area contributed by atoms with Gasteiger partial charge in [-0.1, -0.05) is 48.0 Å². The van der Waals surface area contributed by atoms with Crippen LogP contribution in [-0.4, -0.2) is 16.4 Å². The van der Waals surface area contributed by atoms with E-state index in [4.69, 9.17) is 11.6 Å². The summed E-state index contributed by atoms with van der Waals surface area (Å²) in [5.41, 5.74) is 4.32. The smallest absolute Gasteiger partial charge is 0.211 e. The molecule has 0 saturated carbocycles. The number of rotatable bonds is 1. The topological polar surface area (TPSA) is 69.6 Å². The number of anilines is 1. The lowest BCUT2D eigenvalue weighted by Crippen LogP contribution is -2.15. The molecular weight excluding hydrogens is 344 g/mol. The van der Waals surface area contributed by atoms with Crippen molar-refractivity contribution < 1.29 is 0 Å². The Morgan fingerprint density at radius 1 is 1.12 bits per heavy atom. The number of fused-ring (bicyclic) bond motifs is 2. The van der Waals surface area contributed by atoms with Crippen LogP contribution >= 0.6 is 23.4 Å². The van der Waals surface area contributed by atoms with Crippen LogP contribution in [-0.2, 0) is 0 Å². The quantitative estimate of drug-likeness (QED) is 0.647. The minimum atomic E-state index is -0.0962. The Morgan fingerprint density at radius 3 is 2.79 bits per heavy atom. The summed E-state index contributed by atoms with van der Waals surface area (Å²) in [5, 5.41) is 5.69. The third kappa shape index (κ3) is 2.70. The van der Waals surface area contributed by atoms with Gasteiger partial charge in [0.25, 0.3) is 0 Å². The minimum Gasteiger partial charge on any atom is -0.338 e. The van der Waals surface area contributed by atoms with Gasteiger partial charge in [0, 0.05) is 11.6 Å². The van der Waals surface area contributed by atoms with Crippen molar-refractivity contribution in [2.75, 3.05) is 5.43 Å². The third-order valence-corrected chi connectivity index (χ3v) is 4.81. The molecule has 1 aromatic heterocycles. The Morgan fingerprint density at radius 2 is 1.96 bits per heavy atom. The highest BCUT2D eigenvalue weighted by Crippen LogP contribution is 2.31. The number of aromatic amines is 1. The van der Waals surface area contributed by atoms with Crippen LogP contribution in [0.3, 0.4) is 0 Å². The molecule has 0 amide bonds. The fourth-order valence-electron chi connectivity index (χ4n) is 2.38. The maximum Gasteiger partial charge on any atom is 0.211 e. The van der Waals surface area contributed by atoms with Crippen molar-refractivity contribution in [3.63, 3.8) is 0 Å². The van der Waals surface area contributed by atoms with Crippen LogP contribution in [0.2, 0.25) is 5.02 Å². The van der Waals surface area contributed by atoms with Crippen LogP contribution < -0.4 is 10.9 Å². The second-order valence-corrected chi connectivity index (χ2v) is 6.48. The lowest BCUT2D eigenvalue weighted by atomic mass is 10.2. The van der Waals surface area contributed by atoms with Gasteiger partial charge in [0.15, 0.2) is 0 Å². The summed E-state index contributed by atoms with van der Waals surface area (Å²) < 4.78 is 0. The second kappa shape index (κ2) is 6.14. The maximum absolute atomic E-state index is 12.7. The molecule has 0 bridgehead atoms. The molecule has 0 fully saturated rings. The molecule has 24 heavy (non-hydrogen) atoms. The van der Waals surface area contributed by atoms with E-state index < -0.39 is 0 Å². The summed E-state index contributed by atoms with van der Waals surface area (Å²) >= 11 is 7.38. The molecule has 0 saturated heterocycles. The molecule has 7 heteroatoms. The number of hydrogen-bond donors (Lipinski definition) is 2. The number of hydrogen-bond acceptors (Lipinski definition) is 5. The molecular formula is C17H11ClN4OS. The molecule has 4 rings (SSSR count). The van der Waals surface area contributed by atoms with E-state index in [0.29, 0.717) is 31.8 Å². The fourth-order valence-corrected chi connectivity index (χ4v) is 3.38. The van der Waals surface area contributed by atoms with Crippen molar-refractivity contribution >= 4 is 51.5 Å². The molecule has 0 aliphatic carbocycles. The largest absolute Gasteiger partial charge is 0.338 e. The van der Waals surface area contributed by atoms with Gasteiger partial charge < -0.3 is 4.98 Å².